The molecule has 0 atom stereocenters. The Balaban J connectivity index is 0.00000324. The molecule has 0 aliphatic rings. The fourth-order valence-corrected chi connectivity index (χ4v) is 1.58. The quantitative estimate of drug-likeness (QED) is 0.766. The standard InChI is InChI=1S/C14H22N2O2.ClH/c1-3-9-18-13-6-4-5-12(10-13)7-8-16-14(17)11-15-2;/h4-6,10,15H,3,7-9,11H2,1-2H3,(H,16,17);1H. The molecular weight excluding hydrogens is 264 g/mol. The average Bonchev–Trinajstić information content (AvgIpc) is 2.37. The highest BCUT2D eigenvalue weighted by atomic mass is 35.5. The molecule has 1 rings (SSSR count). The molecule has 0 heterocycles. The third kappa shape index (κ3) is 7.70. The monoisotopic (exact) mass is 286 g/mol. The summed E-state index contributed by atoms with van der Waals surface area (Å²) in [6, 6.07) is 8.01. The predicted molar refractivity (Wildman–Crippen MR) is 80.1 cm³/mol. The Hall–Kier alpha value is -1.26. The molecule has 19 heavy (non-hydrogen) atoms. The first-order valence-electron chi connectivity index (χ1n) is 6.39. The van der Waals surface area contributed by atoms with Gasteiger partial charge in [0.05, 0.1) is 13.2 Å². The van der Waals surface area contributed by atoms with Crippen LogP contribution in [0.25, 0.3) is 0 Å². The minimum Gasteiger partial charge on any atom is -0.494 e. The molecule has 0 aromatic heterocycles. The zero-order valence-electron chi connectivity index (χ0n) is 11.6. The molecule has 108 valence electrons. The van der Waals surface area contributed by atoms with Crippen LogP contribution in [0.3, 0.4) is 0 Å². The third-order valence-electron chi connectivity index (χ3n) is 2.44. The smallest absolute Gasteiger partial charge is 0.233 e. The van der Waals surface area contributed by atoms with Gasteiger partial charge in [-0.05, 0) is 37.6 Å². The molecule has 1 aromatic carbocycles. The molecule has 1 amide bonds. The Morgan fingerprint density at radius 1 is 1.37 bits per heavy atom. The molecule has 4 nitrogen and oxygen atoms in total. The molecular formula is C14H23ClN2O2. The summed E-state index contributed by atoms with van der Waals surface area (Å²) in [5.41, 5.74) is 1.17. The highest BCUT2D eigenvalue weighted by Gasteiger charge is 2.00. The number of benzene rings is 1. The van der Waals surface area contributed by atoms with Gasteiger partial charge in [0.2, 0.25) is 5.91 Å². The number of rotatable bonds is 8. The maximum atomic E-state index is 11.2. The molecule has 0 fully saturated rings. The highest BCUT2D eigenvalue weighted by Crippen LogP contribution is 2.13. The van der Waals surface area contributed by atoms with E-state index >= 15 is 0 Å². The summed E-state index contributed by atoms with van der Waals surface area (Å²) in [6.07, 6.45) is 1.82. The molecule has 0 saturated heterocycles. The van der Waals surface area contributed by atoms with Crippen molar-refractivity contribution in [1.29, 1.82) is 0 Å². The molecule has 1 aromatic rings. The van der Waals surface area contributed by atoms with Crippen LogP contribution in [-0.2, 0) is 11.2 Å². The normalized spacial score (nSPS) is 9.58. The fourth-order valence-electron chi connectivity index (χ4n) is 1.58. The van der Waals surface area contributed by atoms with Crippen molar-refractivity contribution >= 4 is 18.3 Å². The number of likely N-dealkylation sites (N-methyl/N-ethyl adjacent to an activating group) is 1. The van der Waals surface area contributed by atoms with Gasteiger partial charge in [-0.1, -0.05) is 19.1 Å². The number of halogens is 1. The second-order valence-corrected chi connectivity index (χ2v) is 4.13. The molecule has 0 radical (unpaired) electrons. The molecule has 0 aliphatic heterocycles. The number of amides is 1. The molecule has 0 unspecified atom stereocenters. The number of carbonyl (C=O) groups is 1. The van der Waals surface area contributed by atoms with Crippen LogP contribution >= 0.6 is 12.4 Å². The Bertz CT molecular complexity index is 372. The first-order chi connectivity index (χ1) is 8.76. The number of nitrogens with one attached hydrogen (secondary N) is 2. The average molecular weight is 287 g/mol. The number of hydrogen-bond donors (Lipinski definition) is 2. The topological polar surface area (TPSA) is 50.4 Å². The number of ether oxygens (including phenoxy) is 1. The van der Waals surface area contributed by atoms with E-state index < -0.39 is 0 Å². The van der Waals surface area contributed by atoms with Gasteiger partial charge in [-0.25, -0.2) is 0 Å². The molecule has 0 aliphatic carbocycles. The summed E-state index contributed by atoms with van der Waals surface area (Å²) in [7, 11) is 1.76. The first-order valence-corrected chi connectivity index (χ1v) is 6.39. The van der Waals surface area contributed by atoms with Crippen LogP contribution in [0.5, 0.6) is 5.75 Å². The van der Waals surface area contributed by atoms with E-state index in [1.54, 1.807) is 7.05 Å². The first kappa shape index (κ1) is 17.7. The summed E-state index contributed by atoms with van der Waals surface area (Å²) in [5.74, 6) is 0.923. The van der Waals surface area contributed by atoms with Crippen molar-refractivity contribution in [1.82, 2.24) is 10.6 Å². The lowest BCUT2D eigenvalue weighted by molar-refractivity contribution is -0.120. The van der Waals surface area contributed by atoms with Crippen molar-refractivity contribution in [3.8, 4) is 5.75 Å². The predicted octanol–water partition coefficient (Wildman–Crippen LogP) is 1.78. The van der Waals surface area contributed by atoms with Crippen molar-refractivity contribution in [3.05, 3.63) is 29.8 Å². The van der Waals surface area contributed by atoms with E-state index in [4.69, 9.17) is 4.74 Å². The van der Waals surface area contributed by atoms with Crippen LogP contribution in [0.15, 0.2) is 24.3 Å². The van der Waals surface area contributed by atoms with Crippen LogP contribution < -0.4 is 15.4 Å². The maximum absolute atomic E-state index is 11.2. The second kappa shape index (κ2) is 10.6. The van der Waals surface area contributed by atoms with Crippen LogP contribution in [0, 0.1) is 0 Å². The number of hydrogen-bond acceptors (Lipinski definition) is 3. The Morgan fingerprint density at radius 2 is 2.16 bits per heavy atom. The van der Waals surface area contributed by atoms with Crippen LogP contribution in [-0.4, -0.2) is 32.7 Å². The highest BCUT2D eigenvalue weighted by molar-refractivity contribution is 5.85. The summed E-state index contributed by atoms with van der Waals surface area (Å²) in [4.78, 5) is 11.2. The zero-order valence-corrected chi connectivity index (χ0v) is 12.4. The van der Waals surface area contributed by atoms with Crippen molar-refractivity contribution in [2.45, 2.75) is 19.8 Å². The van der Waals surface area contributed by atoms with Crippen molar-refractivity contribution in [3.63, 3.8) is 0 Å². The summed E-state index contributed by atoms with van der Waals surface area (Å²) in [6.45, 7) is 3.83. The Labute approximate surface area is 121 Å². The van der Waals surface area contributed by atoms with E-state index in [2.05, 4.69) is 17.6 Å². The lowest BCUT2D eigenvalue weighted by Crippen LogP contribution is -2.33. The van der Waals surface area contributed by atoms with Gasteiger partial charge in [-0.15, -0.1) is 12.4 Å². The summed E-state index contributed by atoms with van der Waals surface area (Å²) in [5, 5.41) is 5.67. The molecule has 0 saturated carbocycles. The van der Waals surface area contributed by atoms with E-state index in [0.717, 1.165) is 25.2 Å². The molecule has 0 bridgehead atoms. The minimum absolute atomic E-state index is 0. The van der Waals surface area contributed by atoms with Crippen molar-refractivity contribution in [2.75, 3.05) is 26.7 Å². The zero-order chi connectivity index (χ0) is 13.2. The van der Waals surface area contributed by atoms with Gasteiger partial charge in [-0.2, -0.15) is 0 Å². The van der Waals surface area contributed by atoms with Gasteiger partial charge in [0.15, 0.2) is 0 Å². The van der Waals surface area contributed by atoms with E-state index in [1.165, 1.54) is 5.56 Å². The van der Waals surface area contributed by atoms with E-state index in [-0.39, 0.29) is 18.3 Å². The van der Waals surface area contributed by atoms with E-state index in [1.807, 2.05) is 24.3 Å². The third-order valence-corrected chi connectivity index (χ3v) is 2.44. The van der Waals surface area contributed by atoms with Crippen molar-refractivity contribution < 1.29 is 9.53 Å². The van der Waals surface area contributed by atoms with Crippen LogP contribution in [0.1, 0.15) is 18.9 Å². The molecule has 0 spiro atoms. The van der Waals surface area contributed by atoms with Gasteiger partial charge < -0.3 is 15.4 Å². The lowest BCUT2D eigenvalue weighted by Gasteiger charge is -2.08. The van der Waals surface area contributed by atoms with Gasteiger partial charge in [0.1, 0.15) is 5.75 Å². The van der Waals surface area contributed by atoms with Crippen LogP contribution in [0.2, 0.25) is 0 Å². The Kier molecular flexibility index (Phi) is 9.94. The summed E-state index contributed by atoms with van der Waals surface area (Å²) >= 11 is 0. The van der Waals surface area contributed by atoms with E-state index in [9.17, 15) is 4.79 Å². The van der Waals surface area contributed by atoms with Gasteiger partial charge in [0.25, 0.3) is 0 Å². The van der Waals surface area contributed by atoms with E-state index in [0.29, 0.717) is 13.1 Å². The molecule has 5 heteroatoms. The van der Waals surface area contributed by atoms with Gasteiger partial charge in [-0.3, -0.25) is 4.79 Å². The van der Waals surface area contributed by atoms with Gasteiger partial charge >= 0.3 is 0 Å². The molecule has 2 N–H and O–H groups in total. The maximum Gasteiger partial charge on any atom is 0.233 e. The van der Waals surface area contributed by atoms with Crippen molar-refractivity contribution in [2.24, 2.45) is 0 Å². The Morgan fingerprint density at radius 3 is 2.84 bits per heavy atom. The second-order valence-electron chi connectivity index (χ2n) is 4.13. The van der Waals surface area contributed by atoms with Gasteiger partial charge in [0, 0.05) is 6.54 Å². The largest absolute Gasteiger partial charge is 0.494 e. The minimum atomic E-state index is 0. The summed E-state index contributed by atoms with van der Waals surface area (Å²) < 4.78 is 5.56. The number of carbonyl (C=O) groups excluding carboxylic acids is 1. The SMILES string of the molecule is CCCOc1cccc(CCNC(=O)CNC)c1.Cl. The van der Waals surface area contributed by atoms with Crippen LogP contribution in [0.4, 0.5) is 0 Å². The fraction of sp³-hybridized carbons (Fsp3) is 0.500. The lowest BCUT2D eigenvalue weighted by atomic mass is 10.1.